The van der Waals surface area contributed by atoms with Crippen LogP contribution in [0.15, 0.2) is 0 Å². The molecule has 0 aliphatic carbocycles. The van der Waals surface area contributed by atoms with E-state index in [9.17, 15) is 0 Å². The van der Waals surface area contributed by atoms with Crippen LogP contribution in [-0.4, -0.2) is 37.5 Å². The van der Waals surface area contributed by atoms with Gasteiger partial charge in [-0.3, -0.25) is 4.79 Å². The summed E-state index contributed by atoms with van der Waals surface area (Å²) >= 11 is 49.6. The van der Waals surface area contributed by atoms with E-state index in [0.717, 1.165) is 0 Å². The molecule has 0 rings (SSSR count). The Hall–Kier alpha value is 0.778. The Labute approximate surface area is 249 Å². The van der Waals surface area contributed by atoms with Crippen molar-refractivity contribution in [2.75, 3.05) is 0 Å². The maximum Gasteiger partial charge on any atom is 4.00 e. The molecule has 9 nitrogen and oxygen atoms in total. The molecule has 0 amide bonds. The van der Waals surface area contributed by atoms with Crippen LogP contribution in [0, 0.1) is 0 Å². The van der Waals surface area contributed by atoms with Crippen LogP contribution in [0.5, 0.6) is 0 Å². The summed E-state index contributed by atoms with van der Waals surface area (Å²) in [4.78, 5) is 8.36. The van der Waals surface area contributed by atoms with Gasteiger partial charge in [-0.1, -0.05) is 25.9 Å². The maximum atomic E-state index is 8.36. The van der Waals surface area contributed by atoms with E-state index in [0.29, 0.717) is 0 Å². The molecule has 0 aromatic carbocycles. The molecular formula is C7H18MoN6O3S12. The smallest absolute Gasteiger partial charge is 0.873 e. The molecule has 0 spiro atoms. The fourth-order valence-electron chi connectivity index (χ4n) is 0. The number of hydrogen-bond acceptors (Lipinski definition) is 13. The van der Waals surface area contributed by atoms with E-state index < -0.39 is 0 Å². The zero-order valence-electron chi connectivity index (χ0n) is 13.9. The minimum absolute atomic E-state index is 0. The molecule has 0 heterocycles. The Kier molecular flexibility index (Phi) is 112. The van der Waals surface area contributed by atoms with Crippen molar-refractivity contribution in [3.63, 3.8) is 0 Å². The molecule has 29 heavy (non-hydrogen) atoms. The van der Waals surface area contributed by atoms with Crippen LogP contribution in [0.3, 0.4) is 0 Å². The summed E-state index contributed by atoms with van der Waals surface area (Å²) in [5.74, 6) is 0. The molecule has 0 unspecified atom stereocenters. The van der Waals surface area contributed by atoms with Crippen LogP contribution in [-0.2, 0) is 107 Å². The third-order valence-corrected chi connectivity index (χ3v) is 0. The molecule has 0 radical (unpaired) electrons. The predicted octanol–water partition coefficient (Wildman–Crippen LogP) is -2.83. The quantitative estimate of drug-likeness (QED) is 0.0581. The van der Waals surface area contributed by atoms with E-state index in [-0.39, 0.29) is 58.9 Å². The zero-order chi connectivity index (χ0) is 24.2. The van der Waals surface area contributed by atoms with Gasteiger partial charge in [0.2, 0.25) is 0 Å². The van der Waals surface area contributed by atoms with E-state index >= 15 is 0 Å². The molecule has 0 fully saturated rings. The Balaban J connectivity index is -0.0000000228. The Bertz CT molecular complexity index is 327. The van der Waals surface area contributed by atoms with Gasteiger partial charge in [0.05, 0.1) is 0 Å². The summed E-state index contributed by atoms with van der Waals surface area (Å²) in [6.07, 6.45) is 0. The topological polar surface area (TPSA) is 228 Å². The zero-order valence-corrected chi connectivity index (χ0v) is 25.7. The van der Waals surface area contributed by atoms with E-state index in [1.54, 1.807) is 0 Å². The van der Waals surface area contributed by atoms with Gasteiger partial charge in [-0.2, -0.15) is 0 Å². The first-order valence-corrected chi connectivity index (χ1v) is 9.57. The Morgan fingerprint density at radius 3 is 0.552 bits per heavy atom. The largest absolute Gasteiger partial charge is 4.00 e. The monoisotopic (exact) mass is 716 g/mol. The molecule has 17 N–H and O–H groups in total. The first kappa shape index (κ1) is 57.1. The van der Waals surface area contributed by atoms with Crippen molar-refractivity contribution in [1.29, 1.82) is 0 Å². The fourth-order valence-corrected chi connectivity index (χ4v) is 0. The van der Waals surface area contributed by atoms with Crippen molar-refractivity contribution in [3.05, 3.63) is 0 Å². The van der Waals surface area contributed by atoms with Crippen molar-refractivity contribution in [2.45, 2.75) is 0 Å². The summed E-state index contributed by atoms with van der Waals surface area (Å²) in [6.45, 7) is -0.250. The molecule has 0 aromatic rings. The average Bonchev–Trinajstić information content (AvgIpc) is 2.22. The molecule has 0 aliphatic heterocycles. The summed E-state index contributed by atoms with van der Waals surface area (Å²) in [6, 6.07) is 0. The first-order chi connectivity index (χ1) is 11.8. The van der Waals surface area contributed by atoms with Crippen molar-refractivity contribution >= 4 is 181 Å². The second-order valence-electron chi connectivity index (χ2n) is 2.02. The molecule has 0 atom stereocenters. The number of thiocarbonyl (C=S) groups is 6. The second kappa shape index (κ2) is 56.8. The molecular weight excluding hydrogens is 697 g/mol. The molecule has 22 heteroatoms. The van der Waals surface area contributed by atoms with Gasteiger partial charge >= 0.3 is 21.1 Å². The van der Waals surface area contributed by atoms with Crippen LogP contribution in [0.4, 0.5) is 0 Å². The normalized spacial score (nSPS) is 5.38. The third kappa shape index (κ3) is 34100. The molecule has 0 aromatic heterocycles. The number of nitrogens with two attached hydrogens (primary N) is 6. The van der Waals surface area contributed by atoms with Crippen LogP contribution >= 0.6 is 73.3 Å². The van der Waals surface area contributed by atoms with Crippen molar-refractivity contribution in [3.8, 4) is 0 Å². The summed E-state index contributed by atoms with van der Waals surface area (Å²) in [5, 5.41) is 6.89. The van der Waals surface area contributed by atoms with E-state index in [1.807, 2.05) is 0 Å². The van der Waals surface area contributed by atoms with Gasteiger partial charge in [0, 0.05) is 0 Å². The molecule has 172 valence electrons. The SMILES string of the molecule is NC(=S)[S-].NC(=S)[S-].NC(=S)[S-].NC(=S)[S-].NC(=S)[S-].NC(=S)[S-].O=CO.[Mo+4].[OH4+2]. The van der Waals surface area contributed by atoms with Crippen molar-refractivity contribution in [2.24, 2.45) is 34.4 Å². The van der Waals surface area contributed by atoms with Crippen LogP contribution in [0.25, 0.3) is 0 Å². The molecule has 0 saturated carbocycles. The van der Waals surface area contributed by atoms with Crippen molar-refractivity contribution < 1.29 is 36.4 Å². The van der Waals surface area contributed by atoms with Gasteiger partial charge in [-0.25, -0.2) is 0 Å². The van der Waals surface area contributed by atoms with E-state index in [1.165, 1.54) is 0 Å². The number of rotatable bonds is 0. The number of hydrogen-bond donors (Lipinski definition) is 7. The summed E-state index contributed by atoms with van der Waals surface area (Å²) in [5.41, 5.74) is 27.9. The van der Waals surface area contributed by atoms with Crippen LogP contribution in [0.2, 0.25) is 0 Å². The fraction of sp³-hybridized carbons (Fsp3) is 0. The van der Waals surface area contributed by atoms with Gasteiger partial charge in [0.15, 0.2) is 0 Å². The van der Waals surface area contributed by atoms with Gasteiger partial charge in [0.25, 0.3) is 6.47 Å². The standard InChI is InChI=1S/6CH3NS2.CH2O2.Mo.H4O/c6*2-1(3)4;2-1-3;;/h6*(H3,2,3,4);1H,(H,2,3);;1H4/q;;;;;;;+4;+2/p-6. The minimum atomic E-state index is -0.250. The number of carboxylic acid groups (broad SMARTS) is 1. The first-order valence-electron chi connectivity index (χ1n) is 4.68. The molecule has 0 aliphatic rings. The summed E-state index contributed by atoms with van der Waals surface area (Å²) < 4.78 is 0.500. The van der Waals surface area contributed by atoms with Crippen LogP contribution in [0.1, 0.15) is 0 Å². The summed E-state index contributed by atoms with van der Waals surface area (Å²) in [7, 11) is 0. The molecule has 0 saturated heterocycles. The number of carbonyl (C=O) groups is 1. The van der Waals surface area contributed by atoms with Gasteiger partial charge in [-0.05, 0) is 0 Å². The Morgan fingerprint density at radius 1 is 0.552 bits per heavy atom. The van der Waals surface area contributed by atoms with Crippen LogP contribution < -0.4 is 34.4 Å². The third-order valence-electron chi connectivity index (χ3n) is 0. The maximum absolute atomic E-state index is 8.36. The second-order valence-corrected chi connectivity index (χ2v) is 8.85. The average molecular weight is 715 g/mol. The predicted molar refractivity (Wildman–Crippen MR) is 160 cm³/mol. The van der Waals surface area contributed by atoms with Gasteiger partial charge in [-0.15, -0.1) is 0 Å². The van der Waals surface area contributed by atoms with Crippen molar-refractivity contribution in [1.82, 2.24) is 0 Å². The minimum Gasteiger partial charge on any atom is -0.873 e. The van der Waals surface area contributed by atoms with E-state index in [4.69, 9.17) is 9.90 Å². The van der Waals surface area contributed by atoms with Gasteiger partial charge < -0.3 is 194 Å². The molecule has 0 bridgehead atoms. The van der Waals surface area contributed by atoms with Gasteiger partial charge in [0.1, 0.15) is 0 Å². The van der Waals surface area contributed by atoms with E-state index in [2.05, 4.69) is 183 Å². The Morgan fingerprint density at radius 2 is 0.552 bits per heavy atom.